The van der Waals surface area contributed by atoms with Crippen molar-refractivity contribution in [3.63, 3.8) is 0 Å². The fourth-order valence-corrected chi connectivity index (χ4v) is 9.06. The Morgan fingerprint density at radius 3 is 2.40 bits per heavy atom. The molecule has 3 aromatic rings. The van der Waals surface area contributed by atoms with Gasteiger partial charge in [-0.05, 0) is 109 Å². The lowest BCUT2D eigenvalue weighted by molar-refractivity contribution is -0.167. The van der Waals surface area contributed by atoms with Crippen molar-refractivity contribution < 1.29 is 38.2 Å². The van der Waals surface area contributed by atoms with Gasteiger partial charge in [-0.15, -0.1) is 10.2 Å². The van der Waals surface area contributed by atoms with Gasteiger partial charge in [0.25, 0.3) is 0 Å². The molecule has 0 bridgehead atoms. The molecule has 0 spiro atoms. The van der Waals surface area contributed by atoms with E-state index < -0.39 is 40.9 Å². The molecular formula is C47H64N10O8. The minimum atomic E-state index is -1.31. The molecule has 18 nitrogen and oxygen atoms in total. The minimum Gasteiger partial charge on any atom is -0.488 e. The van der Waals surface area contributed by atoms with Crippen molar-refractivity contribution in [1.29, 1.82) is 0 Å². The summed E-state index contributed by atoms with van der Waals surface area (Å²) in [4.78, 5) is 70.6. The molecule has 7 rings (SSSR count). The van der Waals surface area contributed by atoms with Gasteiger partial charge in [-0.1, -0.05) is 30.7 Å². The fraction of sp³-hybridized carbons (Fsp3) is 0.553. The number of primary amides is 1. The number of likely N-dealkylation sites (tertiary alicyclic amines) is 1. The fourth-order valence-electron chi connectivity index (χ4n) is 9.06. The summed E-state index contributed by atoms with van der Waals surface area (Å²) in [5.74, 6) is -0.187. The first kappa shape index (κ1) is 46.8. The third-order valence-corrected chi connectivity index (χ3v) is 12.8. The summed E-state index contributed by atoms with van der Waals surface area (Å²) in [7, 11) is 0. The van der Waals surface area contributed by atoms with Crippen molar-refractivity contribution in [2.45, 2.75) is 116 Å². The Morgan fingerprint density at radius 1 is 0.985 bits per heavy atom. The number of hydrogen-bond donors (Lipinski definition) is 5. The van der Waals surface area contributed by atoms with E-state index in [0.717, 1.165) is 55.1 Å². The van der Waals surface area contributed by atoms with Crippen molar-refractivity contribution in [3.05, 3.63) is 60.2 Å². The van der Waals surface area contributed by atoms with Crippen LogP contribution in [0, 0.1) is 5.41 Å². The van der Waals surface area contributed by atoms with E-state index >= 15 is 0 Å². The average molecular weight is 897 g/mol. The smallest absolute Gasteiger partial charge is 0.410 e. The zero-order chi connectivity index (χ0) is 46.3. The summed E-state index contributed by atoms with van der Waals surface area (Å²) in [6.45, 7) is 14.2. The van der Waals surface area contributed by atoms with Crippen LogP contribution in [-0.2, 0) is 30.5 Å². The molecule has 2 saturated heterocycles. The molecule has 18 heteroatoms. The highest BCUT2D eigenvalue weighted by atomic mass is 16.6. The number of nitrogens with two attached hydrogens (primary N) is 1. The summed E-state index contributed by atoms with van der Waals surface area (Å²) in [6, 6.07) is 16.2. The molecule has 3 aliphatic heterocycles. The lowest BCUT2D eigenvalue weighted by Gasteiger charge is -2.51. The van der Waals surface area contributed by atoms with Crippen molar-refractivity contribution in [3.8, 4) is 17.0 Å². The van der Waals surface area contributed by atoms with E-state index in [9.17, 15) is 24.0 Å². The number of para-hydroxylation sites is 1. The average Bonchev–Trinajstić information content (AvgIpc) is 3.26. The number of fused-ring (bicyclic) bond motifs is 3. The SMILES string of the molecule is CCOC(=O)C1(C(=O)N[C@@H](CCCNC(N)=O)C(=O)Nc2ccc(COc3ccccc3-c3cc4c(nn3)N[C@@H](C)[C@@H]3CN(C5CCN(C(=O)OC(C)(C)C)CC5)CCN43)cc2)CCC1. The molecule has 3 fully saturated rings. The van der Waals surface area contributed by atoms with Crippen LogP contribution in [-0.4, -0.2) is 126 Å². The van der Waals surface area contributed by atoms with Crippen LogP contribution in [0.2, 0.25) is 0 Å². The number of esters is 1. The summed E-state index contributed by atoms with van der Waals surface area (Å²) in [5.41, 5.74) is 7.26. The first-order valence-corrected chi connectivity index (χ1v) is 22.9. The molecule has 4 heterocycles. The Balaban J connectivity index is 0.962. The van der Waals surface area contributed by atoms with E-state index in [1.165, 1.54) is 0 Å². The summed E-state index contributed by atoms with van der Waals surface area (Å²) in [6.07, 6.45) is 3.55. The van der Waals surface area contributed by atoms with Crippen LogP contribution in [0.15, 0.2) is 54.6 Å². The number of hydrogen-bond acceptors (Lipinski definition) is 13. The zero-order valence-corrected chi connectivity index (χ0v) is 38.2. The number of ether oxygens (including phenoxy) is 3. The first-order chi connectivity index (χ1) is 31.1. The highest BCUT2D eigenvalue weighted by Gasteiger charge is 2.53. The maximum Gasteiger partial charge on any atom is 0.410 e. The maximum atomic E-state index is 13.6. The molecule has 1 saturated carbocycles. The maximum absolute atomic E-state index is 13.6. The van der Waals surface area contributed by atoms with Gasteiger partial charge in [0.05, 0.1) is 24.0 Å². The number of nitrogens with one attached hydrogen (secondary N) is 4. The number of aromatic nitrogens is 2. The summed E-state index contributed by atoms with van der Waals surface area (Å²) >= 11 is 0. The van der Waals surface area contributed by atoms with Crippen molar-refractivity contribution >= 4 is 47.1 Å². The van der Waals surface area contributed by atoms with E-state index in [0.29, 0.717) is 61.9 Å². The number of carbonyl (C=O) groups excluding carboxylic acids is 5. The van der Waals surface area contributed by atoms with Crippen LogP contribution < -0.4 is 36.6 Å². The molecule has 350 valence electrons. The molecule has 65 heavy (non-hydrogen) atoms. The van der Waals surface area contributed by atoms with Crippen LogP contribution in [0.25, 0.3) is 11.3 Å². The minimum absolute atomic E-state index is 0.146. The molecule has 4 aliphatic rings. The molecule has 1 aromatic heterocycles. The number of urea groups is 1. The molecule has 2 aromatic carbocycles. The summed E-state index contributed by atoms with van der Waals surface area (Å²) in [5, 5.41) is 21.1. The Hall–Kier alpha value is -6.17. The van der Waals surface area contributed by atoms with Crippen LogP contribution in [0.1, 0.15) is 85.1 Å². The van der Waals surface area contributed by atoms with Gasteiger partial charge >= 0.3 is 18.1 Å². The standard InChI is InChI=1S/C47H64N10O8/c1-6-63-43(60)47(20-10-21-47)42(59)52-35(12-9-22-49-44(48)61)41(58)51-32-16-14-31(15-17-32)29-64-39-13-8-7-11-34(39)36-27-37-40(54-53-36)50-30(2)38-28-56(25-26-57(37)38)33-18-23-55(24-19-33)45(62)65-46(3,4)5/h7-8,11,13-17,27,30,33,35,38H,6,9-10,12,18-26,28-29H2,1-5H3,(H,50,54)(H,51,58)(H,52,59)(H3,48,49,61)/t30-,35-,38-/m0/s1. The van der Waals surface area contributed by atoms with Gasteiger partial charge in [0, 0.05) is 62.6 Å². The molecule has 3 atom stereocenters. The third-order valence-electron chi connectivity index (χ3n) is 12.8. The lowest BCUT2D eigenvalue weighted by atomic mass is 9.68. The number of benzene rings is 2. The normalized spacial score (nSPS) is 19.8. The number of anilines is 3. The van der Waals surface area contributed by atoms with Crippen LogP contribution in [0.5, 0.6) is 5.75 Å². The van der Waals surface area contributed by atoms with Gasteiger partial charge < -0.3 is 51.0 Å². The van der Waals surface area contributed by atoms with Gasteiger partial charge in [-0.2, -0.15) is 0 Å². The number of carbonyl (C=O) groups is 5. The molecule has 0 radical (unpaired) electrons. The number of nitrogens with zero attached hydrogens (tertiary/aromatic N) is 5. The van der Waals surface area contributed by atoms with Crippen molar-refractivity contribution in [1.82, 2.24) is 30.6 Å². The Labute approximate surface area is 380 Å². The monoisotopic (exact) mass is 896 g/mol. The second-order valence-electron chi connectivity index (χ2n) is 18.4. The van der Waals surface area contributed by atoms with E-state index in [-0.39, 0.29) is 44.4 Å². The van der Waals surface area contributed by atoms with Gasteiger partial charge in [-0.25, -0.2) is 9.59 Å². The Kier molecular flexibility index (Phi) is 14.6. The number of piperazine rings is 1. The first-order valence-electron chi connectivity index (χ1n) is 22.9. The van der Waals surface area contributed by atoms with Crippen LogP contribution in [0.3, 0.4) is 0 Å². The largest absolute Gasteiger partial charge is 0.488 e. The van der Waals surface area contributed by atoms with Gasteiger partial charge in [-0.3, -0.25) is 19.3 Å². The highest BCUT2D eigenvalue weighted by Crippen LogP contribution is 2.43. The Bertz CT molecular complexity index is 2190. The second-order valence-corrected chi connectivity index (χ2v) is 18.4. The van der Waals surface area contributed by atoms with E-state index in [1.807, 2.05) is 62.1 Å². The van der Waals surface area contributed by atoms with Crippen LogP contribution in [0.4, 0.5) is 26.8 Å². The molecule has 0 unspecified atom stereocenters. The lowest BCUT2D eigenvalue weighted by Crippen LogP contribution is -2.63. The molecule has 5 amide bonds. The van der Waals surface area contributed by atoms with Crippen LogP contribution >= 0.6 is 0 Å². The quantitative estimate of drug-likeness (QED) is 0.0768. The number of rotatable bonds is 15. The predicted octanol–water partition coefficient (Wildman–Crippen LogP) is 5.03. The van der Waals surface area contributed by atoms with Gasteiger partial charge in [0.15, 0.2) is 5.82 Å². The molecular weight excluding hydrogens is 833 g/mol. The van der Waals surface area contributed by atoms with E-state index in [4.69, 9.17) is 19.9 Å². The van der Waals surface area contributed by atoms with Crippen molar-refractivity contribution in [2.75, 3.05) is 61.4 Å². The zero-order valence-electron chi connectivity index (χ0n) is 38.2. The number of amides is 5. The van der Waals surface area contributed by atoms with E-state index in [2.05, 4.69) is 54.3 Å². The van der Waals surface area contributed by atoms with Gasteiger partial charge in [0.2, 0.25) is 11.8 Å². The van der Waals surface area contributed by atoms with E-state index in [1.54, 1.807) is 19.1 Å². The Morgan fingerprint density at radius 2 is 1.72 bits per heavy atom. The summed E-state index contributed by atoms with van der Waals surface area (Å²) < 4.78 is 17.2. The number of piperidine rings is 1. The molecule has 6 N–H and O–H groups in total. The second kappa shape index (κ2) is 20.3. The third kappa shape index (κ3) is 11.2. The molecule has 1 aliphatic carbocycles. The topological polar surface area (TPSA) is 223 Å². The van der Waals surface area contributed by atoms with Crippen molar-refractivity contribution in [2.24, 2.45) is 11.1 Å². The highest BCUT2D eigenvalue weighted by molar-refractivity contribution is 6.06. The van der Waals surface area contributed by atoms with Gasteiger partial charge in [0.1, 0.15) is 29.4 Å². The predicted molar refractivity (Wildman–Crippen MR) is 245 cm³/mol.